The van der Waals surface area contributed by atoms with Crippen LogP contribution in [-0.2, 0) is 9.53 Å². The summed E-state index contributed by atoms with van der Waals surface area (Å²) >= 11 is 0. The van der Waals surface area contributed by atoms with Gasteiger partial charge in [0.25, 0.3) is 0 Å². The van der Waals surface area contributed by atoms with E-state index in [1.54, 1.807) is 4.90 Å². The molecule has 0 spiro atoms. The van der Waals surface area contributed by atoms with Gasteiger partial charge in [0.1, 0.15) is 13.2 Å². The molecule has 1 saturated heterocycles. The van der Waals surface area contributed by atoms with Crippen molar-refractivity contribution in [1.82, 2.24) is 4.90 Å². The van der Waals surface area contributed by atoms with Crippen molar-refractivity contribution in [2.24, 2.45) is 0 Å². The molecule has 3 nitrogen and oxygen atoms in total. The first-order valence-electron chi connectivity index (χ1n) is 2.64. The highest BCUT2D eigenvalue weighted by Crippen LogP contribution is 1.87. The van der Waals surface area contributed by atoms with E-state index in [-0.39, 0.29) is 0 Å². The van der Waals surface area contributed by atoms with Crippen molar-refractivity contribution in [3.63, 3.8) is 0 Å². The van der Waals surface area contributed by atoms with Crippen LogP contribution in [0.3, 0.4) is 0 Å². The number of rotatable bonds is 1. The minimum absolute atomic E-state index is 0.662. The molecule has 1 amide bonds. The third-order valence-electron chi connectivity index (χ3n) is 1.14. The number of amides is 1. The normalized spacial score (nSPS) is 23.0. The smallest absolute Gasteiger partial charge is 0.369 e. The maximum absolute atomic E-state index is 9.91. The Bertz CT molecular complexity index is 78.5. The van der Waals surface area contributed by atoms with Gasteiger partial charge in [0, 0.05) is 0 Å². The van der Waals surface area contributed by atoms with Crippen LogP contribution in [0.5, 0.6) is 0 Å². The lowest BCUT2D eigenvalue weighted by Crippen LogP contribution is -2.39. The van der Waals surface area contributed by atoms with Gasteiger partial charge in [0.2, 0.25) is 0 Å². The average molecular weight is 114 g/mol. The van der Waals surface area contributed by atoms with Gasteiger partial charge in [-0.05, 0) is 0 Å². The Balaban J connectivity index is 2.22. The third-order valence-corrected chi connectivity index (χ3v) is 1.14. The SMILES string of the molecule is O=[C][N+]1CCOCC1. The highest BCUT2D eigenvalue weighted by atomic mass is 16.5. The summed E-state index contributed by atoms with van der Waals surface area (Å²) in [6, 6.07) is 0. The molecule has 0 aromatic heterocycles. The topological polar surface area (TPSA) is 32.2 Å². The Kier molecular flexibility index (Phi) is 2.00. The van der Waals surface area contributed by atoms with Crippen LogP contribution >= 0.6 is 0 Å². The van der Waals surface area contributed by atoms with Crippen molar-refractivity contribution in [1.29, 1.82) is 0 Å². The highest BCUT2D eigenvalue weighted by Gasteiger charge is 2.19. The Labute approximate surface area is 48.2 Å². The fourth-order valence-corrected chi connectivity index (χ4v) is 0.655. The zero-order valence-electron chi connectivity index (χ0n) is 4.59. The van der Waals surface area contributed by atoms with Gasteiger partial charge in [0.05, 0.1) is 0 Å². The summed E-state index contributed by atoms with van der Waals surface area (Å²) in [5.74, 6) is 0. The second kappa shape index (κ2) is 2.79. The number of hydrogen-bond acceptors (Lipinski definition) is 2. The van der Waals surface area contributed by atoms with Crippen molar-refractivity contribution in [2.75, 3.05) is 26.3 Å². The zero-order valence-corrected chi connectivity index (χ0v) is 4.59. The van der Waals surface area contributed by atoms with Gasteiger partial charge in [-0.2, -0.15) is 0 Å². The summed E-state index contributed by atoms with van der Waals surface area (Å²) in [5, 5.41) is 0. The molecule has 1 aliphatic heterocycles. The second-order valence-corrected chi connectivity index (χ2v) is 1.69. The lowest BCUT2D eigenvalue weighted by molar-refractivity contribution is 0.0930. The van der Waals surface area contributed by atoms with E-state index in [4.69, 9.17) is 4.74 Å². The van der Waals surface area contributed by atoms with Gasteiger partial charge in [0.15, 0.2) is 13.1 Å². The van der Waals surface area contributed by atoms with E-state index in [0.29, 0.717) is 26.3 Å². The van der Waals surface area contributed by atoms with Crippen LogP contribution < -0.4 is 4.90 Å². The highest BCUT2D eigenvalue weighted by molar-refractivity contribution is 5.51. The van der Waals surface area contributed by atoms with Gasteiger partial charge >= 0.3 is 6.41 Å². The summed E-state index contributed by atoms with van der Waals surface area (Å²) in [5.41, 5.74) is 0. The van der Waals surface area contributed by atoms with Crippen LogP contribution in [0.2, 0.25) is 0 Å². The molecule has 0 aromatic rings. The third kappa shape index (κ3) is 1.28. The fourth-order valence-electron chi connectivity index (χ4n) is 0.655. The van der Waals surface area contributed by atoms with Crippen LogP contribution in [-0.4, -0.2) is 32.7 Å². The number of hydrogen-bond donors (Lipinski definition) is 0. The molecular weight excluding hydrogens is 106 g/mol. The number of carbonyl (C=O) groups excluding carboxylic acids is 1. The van der Waals surface area contributed by atoms with E-state index in [1.807, 2.05) is 6.41 Å². The molecule has 0 atom stereocenters. The van der Waals surface area contributed by atoms with E-state index < -0.39 is 0 Å². The standard InChI is InChI=1S/C5H8NO2/c7-5-6-1-3-8-4-2-6/h1-4H2/q+1. The minimum Gasteiger partial charge on any atom is -0.369 e. The Morgan fingerprint density at radius 2 is 2.00 bits per heavy atom. The predicted molar refractivity (Wildman–Crippen MR) is 28.4 cm³/mol. The van der Waals surface area contributed by atoms with Crippen LogP contribution in [0, 0.1) is 0 Å². The average Bonchev–Trinajstić information content (AvgIpc) is 1.90. The molecule has 3 heteroatoms. The van der Waals surface area contributed by atoms with Crippen molar-refractivity contribution in [2.45, 2.75) is 0 Å². The molecular formula is C5H8NO2+. The zero-order chi connectivity index (χ0) is 5.82. The molecule has 0 unspecified atom stereocenters. The first-order valence-corrected chi connectivity index (χ1v) is 2.64. The monoisotopic (exact) mass is 114 g/mol. The molecule has 1 fully saturated rings. The Morgan fingerprint density at radius 1 is 1.38 bits per heavy atom. The fraction of sp³-hybridized carbons (Fsp3) is 0.800. The van der Waals surface area contributed by atoms with Crippen molar-refractivity contribution >= 4 is 6.41 Å². The molecule has 1 aliphatic rings. The first-order chi connectivity index (χ1) is 3.93. The van der Waals surface area contributed by atoms with E-state index in [2.05, 4.69) is 0 Å². The Hall–Kier alpha value is -0.410. The maximum atomic E-state index is 9.91. The molecule has 0 aromatic carbocycles. The summed E-state index contributed by atoms with van der Waals surface area (Å²) < 4.78 is 4.98. The van der Waals surface area contributed by atoms with E-state index in [9.17, 15) is 4.79 Å². The number of morpholine rings is 1. The minimum atomic E-state index is 0.662. The first kappa shape index (κ1) is 5.72. The molecule has 2 radical (unpaired) electrons. The molecule has 0 saturated carbocycles. The molecule has 1 rings (SSSR count). The molecule has 1 heterocycles. The maximum Gasteiger partial charge on any atom is 0.495 e. The molecule has 8 heavy (non-hydrogen) atoms. The van der Waals surface area contributed by atoms with Crippen molar-refractivity contribution < 1.29 is 9.53 Å². The lowest BCUT2D eigenvalue weighted by Gasteiger charge is -2.09. The molecule has 0 N–H and O–H groups in total. The molecule has 0 aliphatic carbocycles. The largest absolute Gasteiger partial charge is 0.495 e. The van der Waals surface area contributed by atoms with Gasteiger partial charge < -0.3 is 4.74 Å². The van der Waals surface area contributed by atoms with Gasteiger partial charge in [-0.15, -0.1) is 0 Å². The van der Waals surface area contributed by atoms with Crippen molar-refractivity contribution in [3.05, 3.63) is 0 Å². The quantitative estimate of drug-likeness (QED) is 0.419. The number of ether oxygens (including phenoxy) is 1. The van der Waals surface area contributed by atoms with Crippen LogP contribution in [0.15, 0.2) is 0 Å². The van der Waals surface area contributed by atoms with Crippen molar-refractivity contribution in [3.8, 4) is 0 Å². The summed E-state index contributed by atoms with van der Waals surface area (Å²) in [6.45, 7) is 2.72. The Morgan fingerprint density at radius 3 is 2.38 bits per heavy atom. The van der Waals surface area contributed by atoms with Crippen LogP contribution in [0.1, 0.15) is 0 Å². The predicted octanol–water partition coefficient (Wildman–Crippen LogP) is -0.776. The summed E-state index contributed by atoms with van der Waals surface area (Å²) in [7, 11) is 0. The van der Waals surface area contributed by atoms with Crippen LogP contribution in [0.4, 0.5) is 0 Å². The van der Waals surface area contributed by atoms with Gasteiger partial charge in [-0.25, -0.2) is 4.79 Å². The summed E-state index contributed by atoms with van der Waals surface area (Å²) in [6.07, 6.45) is 1.81. The lowest BCUT2D eigenvalue weighted by atomic mass is 10.5. The van der Waals surface area contributed by atoms with Gasteiger partial charge in [-0.1, -0.05) is 4.90 Å². The molecule has 0 bridgehead atoms. The second-order valence-electron chi connectivity index (χ2n) is 1.69. The molecule has 44 valence electrons. The summed E-state index contributed by atoms with van der Waals surface area (Å²) in [4.78, 5) is 11.5. The van der Waals surface area contributed by atoms with Crippen LogP contribution in [0.25, 0.3) is 0 Å². The number of nitrogens with zero attached hydrogens (tertiary/aromatic N) is 1. The van der Waals surface area contributed by atoms with E-state index in [1.165, 1.54) is 0 Å². The van der Waals surface area contributed by atoms with E-state index in [0.717, 1.165) is 0 Å². The van der Waals surface area contributed by atoms with E-state index >= 15 is 0 Å². The van der Waals surface area contributed by atoms with Gasteiger partial charge in [-0.3, -0.25) is 0 Å².